The Labute approximate surface area is 102 Å². The fourth-order valence-electron chi connectivity index (χ4n) is 1.54. The quantitative estimate of drug-likeness (QED) is 0.424. The van der Waals surface area contributed by atoms with Crippen molar-refractivity contribution in [2.45, 2.75) is 51.0 Å². The van der Waals surface area contributed by atoms with Gasteiger partial charge in [-0.05, 0) is 24.9 Å². The maximum Gasteiger partial charge on any atom is 0.0714 e. The van der Waals surface area contributed by atoms with Crippen molar-refractivity contribution >= 4 is 17.7 Å². The van der Waals surface area contributed by atoms with E-state index in [1.807, 2.05) is 11.8 Å². The number of hydrogen-bond donors (Lipinski definition) is 2. The van der Waals surface area contributed by atoms with Crippen LogP contribution in [0, 0.1) is 0 Å². The van der Waals surface area contributed by atoms with E-state index < -0.39 is 12.0 Å². The molecular weight excluding hydrogens is 226 g/mol. The molecular formula is C11H22NO3S-. The topological polar surface area (TPSA) is 72.4 Å². The normalized spacial score (nSPS) is 12.6. The zero-order valence-corrected chi connectivity index (χ0v) is 10.7. The van der Waals surface area contributed by atoms with Crippen molar-refractivity contribution in [1.82, 2.24) is 5.48 Å². The second-order valence-corrected chi connectivity index (χ2v) is 4.89. The third-order valence-corrected chi connectivity index (χ3v) is 3.23. The number of carbonyl (C=O) groups excluding carboxylic acids is 1. The third kappa shape index (κ3) is 9.00. The minimum atomic E-state index is -1.23. The average Bonchev–Trinajstić information content (AvgIpc) is 2.26. The van der Waals surface area contributed by atoms with Gasteiger partial charge in [0, 0.05) is 0 Å². The molecule has 0 heterocycles. The molecule has 16 heavy (non-hydrogen) atoms. The van der Waals surface area contributed by atoms with E-state index in [9.17, 15) is 9.90 Å². The molecule has 0 saturated heterocycles. The molecule has 0 fully saturated rings. The smallest absolute Gasteiger partial charge is 0.0714 e. The first kappa shape index (κ1) is 15.7. The van der Waals surface area contributed by atoms with Crippen LogP contribution in [0.15, 0.2) is 0 Å². The van der Waals surface area contributed by atoms with Gasteiger partial charge >= 0.3 is 0 Å². The minimum absolute atomic E-state index is 0.434. The summed E-state index contributed by atoms with van der Waals surface area (Å²) in [4.78, 5) is 10.4. The van der Waals surface area contributed by atoms with Gasteiger partial charge in [0.2, 0.25) is 0 Å². The Bertz CT molecular complexity index is 179. The van der Waals surface area contributed by atoms with Crippen molar-refractivity contribution < 1.29 is 15.1 Å². The van der Waals surface area contributed by atoms with Crippen molar-refractivity contribution in [1.29, 1.82) is 0 Å². The summed E-state index contributed by atoms with van der Waals surface area (Å²) < 4.78 is 0. The summed E-state index contributed by atoms with van der Waals surface area (Å²) in [7, 11) is 0. The molecule has 4 nitrogen and oxygen atoms in total. The van der Waals surface area contributed by atoms with Crippen molar-refractivity contribution in [2.75, 3.05) is 12.0 Å². The number of carboxylic acid groups (broad SMARTS) is 1. The van der Waals surface area contributed by atoms with Crippen LogP contribution in [0.3, 0.4) is 0 Å². The Morgan fingerprint density at radius 1 is 1.25 bits per heavy atom. The summed E-state index contributed by atoms with van der Waals surface area (Å²) in [5.74, 6) is -0.0104. The fraction of sp³-hybridized carbons (Fsp3) is 0.909. The highest BCUT2D eigenvalue weighted by atomic mass is 32.2. The largest absolute Gasteiger partial charge is 0.548 e. The lowest BCUT2D eigenvalue weighted by Gasteiger charge is -2.15. The SMILES string of the molecule is CSCCCCCCCCC(NO)C(=O)[O-]. The molecule has 0 aromatic rings. The third-order valence-electron chi connectivity index (χ3n) is 2.53. The van der Waals surface area contributed by atoms with Crippen LogP contribution in [-0.2, 0) is 4.79 Å². The van der Waals surface area contributed by atoms with E-state index >= 15 is 0 Å². The Hall–Kier alpha value is -0.260. The lowest BCUT2D eigenvalue weighted by atomic mass is 10.1. The Kier molecular flexibility index (Phi) is 11.0. The fourth-order valence-corrected chi connectivity index (χ4v) is 2.03. The van der Waals surface area contributed by atoms with Crippen LogP contribution >= 0.6 is 11.8 Å². The summed E-state index contributed by atoms with van der Waals surface area (Å²) in [6.07, 6.45) is 9.25. The molecule has 0 rings (SSSR count). The van der Waals surface area contributed by atoms with Crippen molar-refractivity contribution in [3.8, 4) is 0 Å². The Balaban J connectivity index is 3.22. The first-order chi connectivity index (χ1) is 7.72. The number of hydrogen-bond acceptors (Lipinski definition) is 5. The van der Waals surface area contributed by atoms with Gasteiger partial charge in [0.25, 0.3) is 0 Å². The lowest BCUT2D eigenvalue weighted by Crippen LogP contribution is -2.44. The van der Waals surface area contributed by atoms with Crippen LogP contribution in [0.25, 0.3) is 0 Å². The van der Waals surface area contributed by atoms with Gasteiger partial charge < -0.3 is 15.1 Å². The summed E-state index contributed by atoms with van der Waals surface area (Å²) in [6, 6.07) is -0.920. The monoisotopic (exact) mass is 248 g/mol. The average molecular weight is 248 g/mol. The summed E-state index contributed by atoms with van der Waals surface area (Å²) in [5.41, 5.74) is 1.76. The number of carbonyl (C=O) groups is 1. The van der Waals surface area contributed by atoms with E-state index in [0.29, 0.717) is 6.42 Å². The van der Waals surface area contributed by atoms with Gasteiger partial charge in [-0.15, -0.1) is 0 Å². The van der Waals surface area contributed by atoms with E-state index in [2.05, 4.69) is 6.26 Å². The summed E-state index contributed by atoms with van der Waals surface area (Å²) in [6.45, 7) is 0. The molecule has 0 aromatic carbocycles. The van der Waals surface area contributed by atoms with Crippen LogP contribution < -0.4 is 10.6 Å². The zero-order valence-electron chi connectivity index (χ0n) is 9.91. The number of aliphatic carboxylic acids is 1. The van der Waals surface area contributed by atoms with Gasteiger partial charge in [-0.25, -0.2) is 0 Å². The molecule has 0 spiro atoms. The summed E-state index contributed by atoms with van der Waals surface area (Å²) in [5, 5.41) is 19.0. The van der Waals surface area contributed by atoms with Gasteiger partial charge in [-0.3, -0.25) is 0 Å². The Morgan fingerprint density at radius 2 is 1.81 bits per heavy atom. The molecule has 5 heteroatoms. The Morgan fingerprint density at radius 3 is 2.31 bits per heavy atom. The van der Waals surface area contributed by atoms with Crippen molar-refractivity contribution in [3.05, 3.63) is 0 Å². The molecule has 2 N–H and O–H groups in total. The second kappa shape index (κ2) is 11.2. The number of nitrogens with one attached hydrogen (secondary N) is 1. The number of carboxylic acids is 1. The van der Waals surface area contributed by atoms with Crippen LogP contribution in [0.2, 0.25) is 0 Å². The molecule has 0 bridgehead atoms. The van der Waals surface area contributed by atoms with E-state index in [0.717, 1.165) is 19.3 Å². The molecule has 0 amide bonds. The number of unbranched alkanes of at least 4 members (excludes halogenated alkanes) is 5. The molecule has 0 aliphatic heterocycles. The molecule has 1 atom stereocenters. The lowest BCUT2D eigenvalue weighted by molar-refractivity contribution is -0.310. The highest BCUT2D eigenvalue weighted by Gasteiger charge is 2.06. The predicted molar refractivity (Wildman–Crippen MR) is 64.4 cm³/mol. The van der Waals surface area contributed by atoms with Gasteiger partial charge in [-0.1, -0.05) is 32.1 Å². The molecule has 1 unspecified atom stereocenters. The highest BCUT2D eigenvalue weighted by molar-refractivity contribution is 7.98. The maximum atomic E-state index is 10.4. The van der Waals surface area contributed by atoms with Gasteiger partial charge in [-0.2, -0.15) is 17.2 Å². The van der Waals surface area contributed by atoms with Gasteiger partial charge in [0.1, 0.15) is 0 Å². The van der Waals surface area contributed by atoms with Crippen molar-refractivity contribution in [2.24, 2.45) is 0 Å². The van der Waals surface area contributed by atoms with Crippen LogP contribution in [0.4, 0.5) is 0 Å². The number of rotatable bonds is 11. The van der Waals surface area contributed by atoms with Crippen LogP contribution in [0.5, 0.6) is 0 Å². The van der Waals surface area contributed by atoms with Crippen molar-refractivity contribution in [3.63, 3.8) is 0 Å². The van der Waals surface area contributed by atoms with Crippen LogP contribution in [-0.4, -0.2) is 29.2 Å². The van der Waals surface area contributed by atoms with Crippen LogP contribution in [0.1, 0.15) is 44.9 Å². The second-order valence-electron chi connectivity index (χ2n) is 3.90. The van der Waals surface area contributed by atoms with E-state index in [1.54, 1.807) is 5.48 Å². The standard InChI is InChI=1S/C11H23NO3S/c1-16-9-7-5-3-2-4-6-8-10(12-15)11(13)14/h10,12,15H,2-9H2,1H3,(H,13,14)/p-1. The molecule has 0 radical (unpaired) electrons. The molecule has 0 aromatic heterocycles. The van der Waals surface area contributed by atoms with E-state index in [4.69, 9.17) is 5.21 Å². The maximum absolute atomic E-state index is 10.4. The van der Waals surface area contributed by atoms with E-state index in [-0.39, 0.29) is 0 Å². The molecule has 0 aliphatic carbocycles. The van der Waals surface area contributed by atoms with Gasteiger partial charge in [0.15, 0.2) is 0 Å². The van der Waals surface area contributed by atoms with Gasteiger partial charge in [0.05, 0.1) is 12.0 Å². The molecule has 0 saturated carbocycles. The highest BCUT2D eigenvalue weighted by Crippen LogP contribution is 2.10. The predicted octanol–water partition coefficient (Wildman–Crippen LogP) is 1.18. The van der Waals surface area contributed by atoms with E-state index in [1.165, 1.54) is 25.0 Å². The molecule has 96 valence electrons. The molecule has 0 aliphatic rings. The first-order valence-corrected chi connectivity index (χ1v) is 7.21. The number of thioether (sulfide) groups is 1. The number of hydroxylamine groups is 1. The zero-order chi connectivity index (χ0) is 12.2. The summed E-state index contributed by atoms with van der Waals surface area (Å²) >= 11 is 1.87. The first-order valence-electron chi connectivity index (χ1n) is 5.81. The minimum Gasteiger partial charge on any atom is -0.548 e.